The van der Waals surface area contributed by atoms with Crippen LogP contribution in [-0.2, 0) is 5.54 Å². The summed E-state index contributed by atoms with van der Waals surface area (Å²) in [5, 5.41) is 13.7. The minimum absolute atomic E-state index is 0.110. The molecule has 0 aliphatic carbocycles. The zero-order chi connectivity index (χ0) is 14.0. The highest BCUT2D eigenvalue weighted by Crippen LogP contribution is 2.42. The number of fused-ring (bicyclic) bond motifs is 1. The topological polar surface area (TPSA) is 32.3 Å². The maximum Gasteiger partial charge on any atom is 0.0875 e. The quantitative estimate of drug-likeness (QED) is 0.900. The molecule has 2 aromatic rings. The van der Waals surface area contributed by atoms with Crippen LogP contribution in [0.2, 0.25) is 0 Å². The Kier molecular flexibility index (Phi) is 3.72. The van der Waals surface area contributed by atoms with Crippen molar-refractivity contribution >= 4 is 17.4 Å². The predicted octanol–water partition coefficient (Wildman–Crippen LogP) is 3.79. The summed E-state index contributed by atoms with van der Waals surface area (Å²) in [5.41, 5.74) is 3.15. The molecule has 2 N–H and O–H groups in total. The van der Waals surface area contributed by atoms with Gasteiger partial charge in [-0.3, -0.25) is 0 Å². The van der Waals surface area contributed by atoms with E-state index in [0.29, 0.717) is 0 Å². The Bertz CT molecular complexity index is 613. The largest absolute Gasteiger partial charge is 0.394 e. The molecule has 2 aromatic carbocycles. The van der Waals surface area contributed by atoms with Crippen LogP contribution in [0.1, 0.15) is 17.5 Å². The summed E-state index contributed by atoms with van der Waals surface area (Å²) in [5.74, 6) is 1.02. The average molecular weight is 285 g/mol. The highest BCUT2D eigenvalue weighted by molar-refractivity contribution is 7.99. The fourth-order valence-electron chi connectivity index (χ4n) is 2.76. The van der Waals surface area contributed by atoms with E-state index >= 15 is 0 Å². The van der Waals surface area contributed by atoms with E-state index in [9.17, 15) is 5.11 Å². The van der Waals surface area contributed by atoms with Gasteiger partial charge in [0, 0.05) is 16.3 Å². The highest BCUT2D eigenvalue weighted by Gasteiger charge is 2.36. The molecule has 0 aromatic heterocycles. The van der Waals surface area contributed by atoms with Crippen LogP contribution in [0, 0.1) is 6.92 Å². The van der Waals surface area contributed by atoms with Crippen LogP contribution in [0.4, 0.5) is 5.69 Å². The fraction of sp³-hybridized carbons (Fsp3) is 0.294. The average Bonchev–Trinajstić information content (AvgIpc) is 2.50. The Hall–Kier alpha value is -1.45. The van der Waals surface area contributed by atoms with Crippen molar-refractivity contribution in [2.24, 2.45) is 0 Å². The molecular weight excluding hydrogens is 266 g/mol. The fourth-order valence-corrected chi connectivity index (χ4v) is 4.03. The number of anilines is 1. The SMILES string of the molecule is Cc1ccccc1NC1(CO)CCSc2ccccc21. The van der Waals surface area contributed by atoms with E-state index in [-0.39, 0.29) is 12.1 Å². The first-order chi connectivity index (χ1) is 9.75. The van der Waals surface area contributed by atoms with Crippen molar-refractivity contribution in [2.45, 2.75) is 23.8 Å². The molecule has 1 aliphatic heterocycles. The molecular formula is C17H19NOS. The lowest BCUT2D eigenvalue weighted by Gasteiger charge is -2.39. The Morgan fingerprint density at radius 2 is 1.90 bits per heavy atom. The van der Waals surface area contributed by atoms with Crippen LogP contribution in [0.5, 0.6) is 0 Å². The van der Waals surface area contributed by atoms with Crippen molar-refractivity contribution in [2.75, 3.05) is 17.7 Å². The van der Waals surface area contributed by atoms with Gasteiger partial charge in [-0.05, 0) is 36.6 Å². The van der Waals surface area contributed by atoms with Crippen molar-refractivity contribution in [1.29, 1.82) is 0 Å². The summed E-state index contributed by atoms with van der Waals surface area (Å²) in [7, 11) is 0. The Balaban J connectivity index is 2.03. The van der Waals surface area contributed by atoms with Crippen molar-refractivity contribution < 1.29 is 5.11 Å². The van der Waals surface area contributed by atoms with Crippen LogP contribution >= 0.6 is 11.8 Å². The lowest BCUT2D eigenvalue weighted by molar-refractivity contribution is 0.205. The normalized spacial score (nSPS) is 21.3. The first kappa shape index (κ1) is 13.5. The molecule has 1 heterocycles. The van der Waals surface area contributed by atoms with E-state index in [1.54, 1.807) is 0 Å². The summed E-state index contributed by atoms with van der Waals surface area (Å²) >= 11 is 1.87. The second-order valence-electron chi connectivity index (χ2n) is 5.27. The van der Waals surface area contributed by atoms with Crippen LogP contribution in [0.25, 0.3) is 0 Å². The number of benzene rings is 2. The summed E-state index contributed by atoms with van der Waals surface area (Å²) in [4.78, 5) is 1.27. The molecule has 0 radical (unpaired) electrons. The van der Waals surface area contributed by atoms with Crippen LogP contribution < -0.4 is 5.32 Å². The third-order valence-corrected chi connectivity index (χ3v) is 5.05. The zero-order valence-electron chi connectivity index (χ0n) is 11.6. The van der Waals surface area contributed by atoms with Gasteiger partial charge in [0.1, 0.15) is 0 Å². The molecule has 20 heavy (non-hydrogen) atoms. The van der Waals surface area contributed by atoms with Gasteiger partial charge in [-0.1, -0.05) is 36.4 Å². The molecule has 104 valence electrons. The van der Waals surface area contributed by atoms with Gasteiger partial charge in [-0.25, -0.2) is 0 Å². The van der Waals surface area contributed by atoms with Gasteiger partial charge in [0.2, 0.25) is 0 Å². The second kappa shape index (κ2) is 5.51. The predicted molar refractivity (Wildman–Crippen MR) is 85.3 cm³/mol. The molecule has 3 rings (SSSR count). The first-order valence-corrected chi connectivity index (χ1v) is 7.91. The molecule has 0 saturated carbocycles. The molecule has 1 aliphatic rings. The van der Waals surface area contributed by atoms with Crippen LogP contribution in [-0.4, -0.2) is 17.5 Å². The van der Waals surface area contributed by atoms with Crippen LogP contribution in [0.15, 0.2) is 53.4 Å². The third-order valence-electron chi connectivity index (χ3n) is 3.98. The third kappa shape index (κ3) is 2.32. The molecule has 0 fully saturated rings. The van der Waals surface area contributed by atoms with Crippen molar-refractivity contribution in [3.63, 3.8) is 0 Å². The number of aliphatic hydroxyl groups is 1. The number of aryl methyl sites for hydroxylation is 1. The van der Waals surface area contributed by atoms with Crippen molar-refractivity contribution in [3.05, 3.63) is 59.7 Å². The summed E-state index contributed by atoms with van der Waals surface area (Å²) in [6, 6.07) is 16.6. The van der Waals surface area contributed by atoms with Crippen molar-refractivity contribution in [3.8, 4) is 0 Å². The molecule has 0 amide bonds. The minimum atomic E-state index is -0.367. The van der Waals surface area contributed by atoms with Gasteiger partial charge in [0.05, 0.1) is 12.1 Å². The Labute approximate surface area is 124 Å². The van der Waals surface area contributed by atoms with E-state index in [2.05, 4.69) is 48.6 Å². The van der Waals surface area contributed by atoms with E-state index in [1.165, 1.54) is 16.0 Å². The van der Waals surface area contributed by atoms with E-state index < -0.39 is 0 Å². The van der Waals surface area contributed by atoms with Gasteiger partial charge < -0.3 is 10.4 Å². The first-order valence-electron chi connectivity index (χ1n) is 6.92. The summed E-state index contributed by atoms with van der Waals surface area (Å²) in [6.07, 6.45) is 0.930. The molecule has 3 heteroatoms. The summed E-state index contributed by atoms with van der Waals surface area (Å²) in [6.45, 7) is 2.20. The lowest BCUT2D eigenvalue weighted by atomic mass is 9.86. The molecule has 2 nitrogen and oxygen atoms in total. The van der Waals surface area contributed by atoms with Crippen molar-refractivity contribution in [1.82, 2.24) is 0 Å². The van der Waals surface area contributed by atoms with E-state index in [1.807, 2.05) is 23.9 Å². The number of hydrogen-bond donors (Lipinski definition) is 2. The highest BCUT2D eigenvalue weighted by atomic mass is 32.2. The number of nitrogens with one attached hydrogen (secondary N) is 1. The molecule has 0 saturated heterocycles. The smallest absolute Gasteiger partial charge is 0.0875 e. The van der Waals surface area contributed by atoms with Gasteiger partial charge in [-0.2, -0.15) is 0 Å². The maximum atomic E-state index is 10.1. The van der Waals surface area contributed by atoms with E-state index in [4.69, 9.17) is 0 Å². The Morgan fingerprint density at radius 3 is 2.70 bits per heavy atom. The maximum absolute atomic E-state index is 10.1. The number of para-hydroxylation sites is 1. The minimum Gasteiger partial charge on any atom is -0.394 e. The zero-order valence-corrected chi connectivity index (χ0v) is 12.4. The van der Waals surface area contributed by atoms with Gasteiger partial charge in [0.15, 0.2) is 0 Å². The number of hydrogen-bond acceptors (Lipinski definition) is 3. The van der Waals surface area contributed by atoms with E-state index in [0.717, 1.165) is 17.9 Å². The van der Waals surface area contributed by atoms with Crippen LogP contribution in [0.3, 0.4) is 0 Å². The lowest BCUT2D eigenvalue weighted by Crippen LogP contribution is -2.42. The van der Waals surface area contributed by atoms with Gasteiger partial charge in [-0.15, -0.1) is 11.8 Å². The molecule has 0 bridgehead atoms. The summed E-state index contributed by atoms with van der Waals surface area (Å²) < 4.78 is 0. The molecule has 1 atom stereocenters. The standard InChI is InChI=1S/C17H19NOS/c1-13-6-2-4-8-15(13)18-17(12-19)10-11-20-16-9-5-3-7-14(16)17/h2-9,18-19H,10-12H2,1H3. The van der Waals surface area contributed by atoms with Gasteiger partial charge in [0.25, 0.3) is 0 Å². The number of aliphatic hydroxyl groups excluding tert-OH is 1. The molecule has 1 unspecified atom stereocenters. The van der Waals surface area contributed by atoms with Gasteiger partial charge >= 0.3 is 0 Å². The molecule has 0 spiro atoms. The monoisotopic (exact) mass is 285 g/mol. The number of rotatable bonds is 3. The number of thioether (sulfide) groups is 1. The Morgan fingerprint density at radius 1 is 1.15 bits per heavy atom. The second-order valence-corrected chi connectivity index (χ2v) is 6.41.